The van der Waals surface area contributed by atoms with Gasteiger partial charge in [0, 0.05) is 13.1 Å². The van der Waals surface area contributed by atoms with E-state index in [1.54, 1.807) is 17.0 Å². The van der Waals surface area contributed by atoms with Crippen LogP contribution in [-0.2, 0) is 22.6 Å². The summed E-state index contributed by atoms with van der Waals surface area (Å²) in [6.07, 6.45) is 0.756. The molecule has 0 saturated carbocycles. The highest BCUT2D eigenvalue weighted by atomic mass is 35.5. The standard InChI is InChI=1S/C22H26Cl2N2O2/c1-4-20(22(28)25-5-2)26(14-17-9-10-18(23)19(24)12-17)21(27)13-16-8-6-7-15(3)11-16/h6-12,20H,4-5,13-14H2,1-3H3,(H,25,28)/t20-/m0/s1. The first-order valence-electron chi connectivity index (χ1n) is 9.42. The van der Waals surface area contributed by atoms with Crippen molar-refractivity contribution < 1.29 is 9.59 Å². The fourth-order valence-corrected chi connectivity index (χ4v) is 3.47. The van der Waals surface area contributed by atoms with Crippen molar-refractivity contribution in [2.24, 2.45) is 0 Å². The van der Waals surface area contributed by atoms with Gasteiger partial charge >= 0.3 is 0 Å². The molecule has 0 aliphatic carbocycles. The van der Waals surface area contributed by atoms with Crippen molar-refractivity contribution in [1.29, 1.82) is 0 Å². The number of nitrogens with zero attached hydrogens (tertiary/aromatic N) is 1. The number of carbonyl (C=O) groups excluding carboxylic acids is 2. The van der Waals surface area contributed by atoms with Crippen LogP contribution in [0.15, 0.2) is 42.5 Å². The molecule has 1 atom stereocenters. The maximum atomic E-state index is 13.2. The molecule has 0 aromatic heterocycles. The maximum absolute atomic E-state index is 13.2. The number of likely N-dealkylation sites (N-methyl/N-ethyl adjacent to an activating group) is 1. The van der Waals surface area contributed by atoms with Gasteiger partial charge in [-0.1, -0.05) is 66.0 Å². The van der Waals surface area contributed by atoms with Gasteiger partial charge in [-0.15, -0.1) is 0 Å². The van der Waals surface area contributed by atoms with Crippen molar-refractivity contribution in [3.05, 3.63) is 69.2 Å². The Balaban J connectivity index is 2.31. The van der Waals surface area contributed by atoms with E-state index in [1.165, 1.54) is 0 Å². The Kier molecular flexibility index (Phi) is 8.34. The first kappa shape index (κ1) is 22.3. The van der Waals surface area contributed by atoms with Gasteiger partial charge in [0.25, 0.3) is 0 Å². The molecule has 0 unspecified atom stereocenters. The zero-order chi connectivity index (χ0) is 20.7. The summed E-state index contributed by atoms with van der Waals surface area (Å²) in [6.45, 7) is 6.56. The number of hydrogen-bond donors (Lipinski definition) is 1. The minimum Gasteiger partial charge on any atom is -0.355 e. The van der Waals surface area contributed by atoms with Crippen LogP contribution >= 0.6 is 23.2 Å². The van der Waals surface area contributed by atoms with E-state index >= 15 is 0 Å². The van der Waals surface area contributed by atoms with Crippen molar-refractivity contribution in [3.8, 4) is 0 Å². The van der Waals surface area contributed by atoms with Crippen molar-refractivity contribution in [3.63, 3.8) is 0 Å². The fraction of sp³-hybridized carbons (Fsp3) is 0.364. The third kappa shape index (κ3) is 5.98. The van der Waals surface area contributed by atoms with Crippen LogP contribution in [-0.4, -0.2) is 29.3 Å². The molecule has 0 aliphatic rings. The highest BCUT2D eigenvalue weighted by molar-refractivity contribution is 6.42. The molecule has 1 N–H and O–H groups in total. The zero-order valence-electron chi connectivity index (χ0n) is 16.5. The summed E-state index contributed by atoms with van der Waals surface area (Å²) < 4.78 is 0. The van der Waals surface area contributed by atoms with Gasteiger partial charge in [0.2, 0.25) is 11.8 Å². The highest BCUT2D eigenvalue weighted by Gasteiger charge is 2.28. The molecule has 2 aromatic carbocycles. The molecule has 0 spiro atoms. The second kappa shape index (κ2) is 10.5. The fourth-order valence-electron chi connectivity index (χ4n) is 3.14. The molecule has 28 heavy (non-hydrogen) atoms. The number of amides is 2. The number of hydrogen-bond acceptors (Lipinski definition) is 2. The van der Waals surface area contributed by atoms with E-state index in [9.17, 15) is 9.59 Å². The van der Waals surface area contributed by atoms with Crippen molar-refractivity contribution in [1.82, 2.24) is 10.2 Å². The van der Waals surface area contributed by atoms with Gasteiger partial charge in [-0.05, 0) is 43.5 Å². The second-order valence-corrected chi connectivity index (χ2v) is 7.57. The number of carbonyl (C=O) groups is 2. The number of aryl methyl sites for hydroxylation is 1. The Hall–Kier alpha value is -2.04. The lowest BCUT2D eigenvalue weighted by atomic mass is 10.1. The number of rotatable bonds is 8. The number of halogens is 2. The Bertz CT molecular complexity index is 839. The minimum atomic E-state index is -0.549. The van der Waals surface area contributed by atoms with Crippen molar-refractivity contribution in [2.75, 3.05) is 6.54 Å². The molecular formula is C22H26Cl2N2O2. The topological polar surface area (TPSA) is 49.4 Å². The van der Waals surface area contributed by atoms with Crippen LogP contribution in [0.5, 0.6) is 0 Å². The van der Waals surface area contributed by atoms with Crippen LogP contribution in [0.25, 0.3) is 0 Å². The van der Waals surface area contributed by atoms with Crippen molar-refractivity contribution >= 4 is 35.0 Å². The molecule has 0 fully saturated rings. The molecule has 2 rings (SSSR count). The zero-order valence-corrected chi connectivity index (χ0v) is 18.0. The number of nitrogens with one attached hydrogen (secondary N) is 1. The monoisotopic (exact) mass is 420 g/mol. The minimum absolute atomic E-state index is 0.102. The Morgan fingerprint density at radius 1 is 1.04 bits per heavy atom. The third-order valence-electron chi connectivity index (χ3n) is 4.51. The van der Waals surface area contributed by atoms with E-state index in [4.69, 9.17) is 23.2 Å². The van der Waals surface area contributed by atoms with Crippen LogP contribution in [0.2, 0.25) is 10.0 Å². The van der Waals surface area contributed by atoms with Gasteiger partial charge < -0.3 is 10.2 Å². The summed E-state index contributed by atoms with van der Waals surface area (Å²) in [5, 5.41) is 3.72. The summed E-state index contributed by atoms with van der Waals surface area (Å²) in [4.78, 5) is 27.4. The lowest BCUT2D eigenvalue weighted by Crippen LogP contribution is -2.49. The summed E-state index contributed by atoms with van der Waals surface area (Å²) >= 11 is 12.1. The molecule has 0 saturated heterocycles. The molecular weight excluding hydrogens is 395 g/mol. The molecule has 0 radical (unpaired) electrons. The third-order valence-corrected chi connectivity index (χ3v) is 5.25. The Morgan fingerprint density at radius 3 is 2.39 bits per heavy atom. The van der Waals surface area contributed by atoms with Crippen LogP contribution in [0.4, 0.5) is 0 Å². The molecule has 0 bridgehead atoms. The van der Waals surface area contributed by atoms with E-state index in [-0.39, 0.29) is 24.8 Å². The van der Waals surface area contributed by atoms with E-state index in [1.807, 2.05) is 51.1 Å². The van der Waals surface area contributed by atoms with E-state index in [0.717, 1.165) is 16.7 Å². The van der Waals surface area contributed by atoms with Gasteiger partial charge in [-0.25, -0.2) is 0 Å². The summed E-state index contributed by atoms with van der Waals surface area (Å²) in [5.41, 5.74) is 2.85. The second-order valence-electron chi connectivity index (χ2n) is 6.75. The molecule has 6 heteroatoms. The summed E-state index contributed by atoms with van der Waals surface area (Å²) in [6, 6.07) is 12.6. The average molecular weight is 421 g/mol. The summed E-state index contributed by atoms with van der Waals surface area (Å²) in [5.74, 6) is -0.252. The average Bonchev–Trinajstić information content (AvgIpc) is 2.64. The predicted molar refractivity (Wildman–Crippen MR) is 115 cm³/mol. The maximum Gasteiger partial charge on any atom is 0.242 e. The Labute approximate surface area is 176 Å². The van der Waals surface area contributed by atoms with Crippen LogP contribution in [0.1, 0.15) is 37.0 Å². The first-order chi connectivity index (χ1) is 13.3. The quantitative estimate of drug-likeness (QED) is 0.667. The van der Waals surface area contributed by atoms with Gasteiger partial charge in [0.05, 0.1) is 16.5 Å². The predicted octanol–water partition coefficient (Wildman–Crippen LogP) is 4.79. The lowest BCUT2D eigenvalue weighted by Gasteiger charge is -2.30. The Morgan fingerprint density at radius 2 is 1.79 bits per heavy atom. The SMILES string of the molecule is CCNC(=O)[C@H](CC)N(Cc1ccc(Cl)c(Cl)c1)C(=O)Cc1cccc(C)c1. The van der Waals surface area contributed by atoms with Crippen molar-refractivity contribution in [2.45, 2.75) is 46.2 Å². The number of benzene rings is 2. The molecule has 0 aliphatic heterocycles. The van der Waals surface area contributed by atoms with Crippen LogP contribution in [0, 0.1) is 6.92 Å². The van der Waals surface area contributed by atoms with E-state index < -0.39 is 6.04 Å². The largest absolute Gasteiger partial charge is 0.355 e. The first-order valence-corrected chi connectivity index (χ1v) is 10.2. The van der Waals surface area contributed by atoms with E-state index in [0.29, 0.717) is 23.0 Å². The van der Waals surface area contributed by atoms with Gasteiger partial charge in [0.1, 0.15) is 6.04 Å². The molecule has 2 amide bonds. The molecule has 0 heterocycles. The van der Waals surface area contributed by atoms with Gasteiger partial charge in [-0.2, -0.15) is 0 Å². The van der Waals surface area contributed by atoms with E-state index in [2.05, 4.69) is 5.32 Å². The normalized spacial score (nSPS) is 11.8. The molecule has 2 aromatic rings. The van der Waals surface area contributed by atoms with Crippen LogP contribution in [0.3, 0.4) is 0 Å². The lowest BCUT2D eigenvalue weighted by molar-refractivity contribution is -0.140. The molecule has 150 valence electrons. The van der Waals surface area contributed by atoms with Gasteiger partial charge in [-0.3, -0.25) is 9.59 Å². The van der Waals surface area contributed by atoms with Gasteiger partial charge in [0.15, 0.2) is 0 Å². The highest BCUT2D eigenvalue weighted by Crippen LogP contribution is 2.24. The smallest absolute Gasteiger partial charge is 0.242 e. The molecule has 4 nitrogen and oxygen atoms in total. The van der Waals surface area contributed by atoms with Crippen LogP contribution < -0.4 is 5.32 Å². The summed E-state index contributed by atoms with van der Waals surface area (Å²) in [7, 11) is 0.